The summed E-state index contributed by atoms with van der Waals surface area (Å²) in [6.07, 6.45) is 5.39. The van der Waals surface area contributed by atoms with E-state index in [0.29, 0.717) is 12.6 Å². The summed E-state index contributed by atoms with van der Waals surface area (Å²) in [4.78, 5) is 8.19. The van der Waals surface area contributed by atoms with Gasteiger partial charge in [-0.2, -0.15) is 0 Å². The highest BCUT2D eigenvalue weighted by atomic mass is 32.1. The fraction of sp³-hybridized carbons (Fsp3) is 0.786. The highest BCUT2D eigenvalue weighted by Gasteiger charge is 2.16. The Labute approximate surface area is 120 Å². The van der Waals surface area contributed by atoms with Crippen LogP contribution in [0, 0.1) is 0 Å². The zero-order valence-corrected chi connectivity index (χ0v) is 13.1. The molecule has 1 N–H and O–H groups in total. The van der Waals surface area contributed by atoms with Gasteiger partial charge in [-0.15, -0.1) is 11.3 Å². The largest absolute Gasteiger partial charge is 0.378 e. The van der Waals surface area contributed by atoms with Crippen molar-refractivity contribution < 1.29 is 4.74 Å². The van der Waals surface area contributed by atoms with Crippen molar-refractivity contribution in [2.75, 3.05) is 21.2 Å². The van der Waals surface area contributed by atoms with Crippen molar-refractivity contribution in [3.8, 4) is 0 Å². The summed E-state index contributed by atoms with van der Waals surface area (Å²) in [6.45, 7) is 2.46. The first-order valence-electron chi connectivity index (χ1n) is 7.03. The molecule has 108 valence electrons. The van der Waals surface area contributed by atoms with Gasteiger partial charge in [0.25, 0.3) is 0 Å². The highest BCUT2D eigenvalue weighted by molar-refractivity contribution is 7.11. The lowest BCUT2D eigenvalue weighted by molar-refractivity contribution is 0.181. The smallest absolute Gasteiger partial charge is 0.107 e. The van der Waals surface area contributed by atoms with E-state index >= 15 is 0 Å². The third kappa shape index (κ3) is 4.53. The predicted octanol–water partition coefficient (Wildman–Crippen LogP) is 2.38. The first-order chi connectivity index (χ1) is 9.19. The molecular weight excluding hydrogens is 258 g/mol. The van der Waals surface area contributed by atoms with Gasteiger partial charge in [0.05, 0.1) is 12.3 Å². The maximum Gasteiger partial charge on any atom is 0.107 e. The third-order valence-electron chi connectivity index (χ3n) is 3.46. The van der Waals surface area contributed by atoms with Gasteiger partial charge >= 0.3 is 0 Å². The maximum atomic E-state index is 5.26. The average Bonchev–Trinajstić information content (AvgIpc) is 2.96. The fourth-order valence-electron chi connectivity index (χ4n) is 2.53. The summed E-state index contributed by atoms with van der Waals surface area (Å²) in [5, 5.41) is 4.85. The van der Waals surface area contributed by atoms with Crippen LogP contribution in [0.4, 0.5) is 0 Å². The maximum absolute atomic E-state index is 5.26. The number of rotatable bonds is 7. The van der Waals surface area contributed by atoms with Crippen LogP contribution in [0.1, 0.15) is 41.3 Å². The highest BCUT2D eigenvalue weighted by Crippen LogP contribution is 2.23. The number of nitrogens with one attached hydrogen (secondary N) is 1. The first-order valence-corrected chi connectivity index (χ1v) is 7.85. The van der Waals surface area contributed by atoms with E-state index in [2.05, 4.69) is 24.3 Å². The second kappa shape index (κ2) is 7.33. The molecule has 0 unspecified atom stereocenters. The second-order valence-corrected chi connectivity index (χ2v) is 6.68. The van der Waals surface area contributed by atoms with Gasteiger partial charge in [-0.1, -0.05) is 12.8 Å². The molecule has 0 bridgehead atoms. The number of ether oxygens (including phenoxy) is 1. The van der Waals surface area contributed by atoms with Crippen molar-refractivity contribution >= 4 is 11.3 Å². The molecule has 1 aliphatic carbocycles. The normalized spacial score (nSPS) is 16.6. The van der Waals surface area contributed by atoms with E-state index in [4.69, 9.17) is 9.72 Å². The number of aromatic nitrogens is 1. The Morgan fingerprint density at radius 1 is 1.37 bits per heavy atom. The molecule has 0 atom stereocenters. The molecular formula is C14H25N3OS. The van der Waals surface area contributed by atoms with Gasteiger partial charge < -0.3 is 15.0 Å². The first kappa shape index (κ1) is 14.9. The minimum atomic E-state index is 0.617. The van der Waals surface area contributed by atoms with Crippen LogP contribution in [0.2, 0.25) is 0 Å². The van der Waals surface area contributed by atoms with E-state index < -0.39 is 0 Å². The van der Waals surface area contributed by atoms with Crippen molar-refractivity contribution in [2.45, 2.75) is 51.4 Å². The second-order valence-electron chi connectivity index (χ2n) is 5.51. The molecule has 1 fully saturated rings. The molecule has 4 nitrogen and oxygen atoms in total. The number of thiazole rings is 1. The van der Waals surface area contributed by atoms with Crippen molar-refractivity contribution in [3.05, 3.63) is 15.6 Å². The summed E-state index contributed by atoms with van der Waals surface area (Å²) < 4.78 is 5.26. The monoisotopic (exact) mass is 283 g/mol. The fourth-order valence-corrected chi connectivity index (χ4v) is 3.67. The SMILES string of the molecule is COCc1nc(CN(C)C)sc1CNC1CCCC1. The van der Waals surface area contributed by atoms with Gasteiger partial charge in [0, 0.05) is 31.1 Å². The van der Waals surface area contributed by atoms with Gasteiger partial charge in [0.1, 0.15) is 5.01 Å². The molecule has 1 saturated carbocycles. The minimum absolute atomic E-state index is 0.617. The Balaban J connectivity index is 1.97. The lowest BCUT2D eigenvalue weighted by atomic mass is 10.2. The molecule has 0 aliphatic heterocycles. The topological polar surface area (TPSA) is 37.4 Å². The zero-order chi connectivity index (χ0) is 13.7. The van der Waals surface area contributed by atoms with Crippen molar-refractivity contribution in [2.24, 2.45) is 0 Å². The summed E-state index contributed by atoms with van der Waals surface area (Å²) in [5.74, 6) is 0. The molecule has 0 amide bonds. The molecule has 0 saturated heterocycles. The van der Waals surface area contributed by atoms with Crippen LogP contribution >= 0.6 is 11.3 Å². The average molecular weight is 283 g/mol. The number of hydrogen-bond acceptors (Lipinski definition) is 5. The molecule has 1 aromatic heterocycles. The quantitative estimate of drug-likeness (QED) is 0.834. The standard InChI is InChI=1S/C14H25N3OS/c1-17(2)9-14-16-12(10-18-3)13(19-14)8-15-11-6-4-5-7-11/h11,15H,4-10H2,1-3H3. The van der Waals surface area contributed by atoms with E-state index in [-0.39, 0.29) is 0 Å². The summed E-state index contributed by atoms with van der Waals surface area (Å²) in [6, 6.07) is 0.704. The molecule has 0 radical (unpaired) electrons. The van der Waals surface area contributed by atoms with Gasteiger partial charge in [-0.25, -0.2) is 4.98 Å². The number of nitrogens with zero attached hydrogens (tertiary/aromatic N) is 2. The summed E-state index contributed by atoms with van der Waals surface area (Å²) >= 11 is 1.82. The predicted molar refractivity (Wildman–Crippen MR) is 79.3 cm³/mol. The van der Waals surface area contributed by atoms with Crippen LogP contribution in [0.25, 0.3) is 0 Å². The van der Waals surface area contributed by atoms with E-state index in [0.717, 1.165) is 18.8 Å². The van der Waals surface area contributed by atoms with Gasteiger partial charge in [0.15, 0.2) is 0 Å². The van der Waals surface area contributed by atoms with Crippen LogP contribution in [-0.4, -0.2) is 37.1 Å². The van der Waals surface area contributed by atoms with Crippen molar-refractivity contribution in [3.63, 3.8) is 0 Å². The molecule has 2 rings (SSSR count). The van der Waals surface area contributed by atoms with E-state index in [1.165, 1.54) is 35.6 Å². The zero-order valence-electron chi connectivity index (χ0n) is 12.2. The van der Waals surface area contributed by atoms with Gasteiger partial charge in [-0.05, 0) is 26.9 Å². The Kier molecular flexibility index (Phi) is 5.76. The van der Waals surface area contributed by atoms with E-state index in [9.17, 15) is 0 Å². The number of methoxy groups -OCH3 is 1. The molecule has 5 heteroatoms. The third-order valence-corrected chi connectivity index (χ3v) is 4.54. The minimum Gasteiger partial charge on any atom is -0.378 e. The molecule has 1 aromatic rings. The van der Waals surface area contributed by atoms with Crippen LogP contribution < -0.4 is 5.32 Å². The van der Waals surface area contributed by atoms with E-state index in [1.807, 2.05) is 11.3 Å². The Hall–Kier alpha value is -0.490. The van der Waals surface area contributed by atoms with Crippen LogP contribution in [0.3, 0.4) is 0 Å². The lowest BCUT2D eigenvalue weighted by Crippen LogP contribution is -2.25. The van der Waals surface area contributed by atoms with Crippen LogP contribution in [0.5, 0.6) is 0 Å². The molecule has 1 aliphatic rings. The molecule has 1 heterocycles. The number of hydrogen-bond donors (Lipinski definition) is 1. The summed E-state index contributed by atoms with van der Waals surface area (Å²) in [5.41, 5.74) is 1.11. The van der Waals surface area contributed by atoms with Gasteiger partial charge in [-0.3, -0.25) is 0 Å². The van der Waals surface area contributed by atoms with Crippen molar-refractivity contribution in [1.82, 2.24) is 15.2 Å². The lowest BCUT2D eigenvalue weighted by Gasteiger charge is -2.11. The summed E-state index contributed by atoms with van der Waals surface area (Å²) in [7, 11) is 5.89. The van der Waals surface area contributed by atoms with Crippen LogP contribution in [-0.2, 0) is 24.4 Å². The van der Waals surface area contributed by atoms with E-state index in [1.54, 1.807) is 7.11 Å². The molecule has 0 spiro atoms. The van der Waals surface area contributed by atoms with Crippen molar-refractivity contribution in [1.29, 1.82) is 0 Å². The Morgan fingerprint density at radius 3 is 2.74 bits per heavy atom. The van der Waals surface area contributed by atoms with Gasteiger partial charge in [0.2, 0.25) is 0 Å². The Bertz CT molecular complexity index is 386. The molecule has 19 heavy (non-hydrogen) atoms. The van der Waals surface area contributed by atoms with Crippen LogP contribution in [0.15, 0.2) is 0 Å². The Morgan fingerprint density at radius 2 is 2.11 bits per heavy atom. The molecule has 0 aromatic carbocycles.